The lowest BCUT2D eigenvalue weighted by Gasteiger charge is -2.34. The number of anilines is 2. The summed E-state index contributed by atoms with van der Waals surface area (Å²) in [6, 6.07) is 24.8. The van der Waals surface area contributed by atoms with Gasteiger partial charge in [0.2, 0.25) is 17.7 Å². The molecule has 1 spiro atoms. The van der Waals surface area contributed by atoms with Crippen molar-refractivity contribution in [2.45, 2.75) is 5.41 Å². The Balaban J connectivity index is 1.60. The summed E-state index contributed by atoms with van der Waals surface area (Å²) in [5.41, 5.74) is 5.65. The number of ether oxygens (including phenoxy) is 1. The maximum Gasteiger partial charge on any atom is 0.259 e. The van der Waals surface area contributed by atoms with Gasteiger partial charge in [-0.05, 0) is 30.3 Å². The Bertz CT molecular complexity index is 1800. The van der Waals surface area contributed by atoms with Crippen molar-refractivity contribution in [2.75, 3.05) is 16.8 Å². The van der Waals surface area contributed by atoms with Gasteiger partial charge in [0.05, 0.1) is 11.1 Å². The van der Waals surface area contributed by atoms with Crippen LogP contribution in [0.2, 0.25) is 0 Å². The van der Waals surface area contributed by atoms with Crippen molar-refractivity contribution in [1.29, 1.82) is 5.26 Å². The van der Waals surface area contributed by atoms with E-state index in [4.69, 9.17) is 10.5 Å². The largest absolute Gasteiger partial charge is 0.439 e. The third kappa shape index (κ3) is 3.01. The molecule has 9 nitrogen and oxygen atoms in total. The lowest BCUT2D eigenvalue weighted by molar-refractivity contribution is -0.123. The lowest BCUT2D eigenvalue weighted by Crippen LogP contribution is -2.50. The van der Waals surface area contributed by atoms with Crippen LogP contribution in [0, 0.1) is 11.3 Å². The monoisotopic (exact) mass is 503 g/mol. The van der Waals surface area contributed by atoms with E-state index in [1.165, 1.54) is 9.47 Å². The van der Waals surface area contributed by atoms with Gasteiger partial charge in [-0.25, -0.2) is 0 Å². The number of fused-ring (bicyclic) bond motifs is 6. The van der Waals surface area contributed by atoms with Crippen molar-refractivity contribution in [2.24, 2.45) is 12.8 Å². The first-order valence-electron chi connectivity index (χ1n) is 11.9. The quantitative estimate of drug-likeness (QED) is 0.442. The maximum absolute atomic E-state index is 14.5. The third-order valence-electron chi connectivity index (χ3n) is 7.10. The minimum atomic E-state index is -1.88. The number of aryl methyl sites for hydroxylation is 1. The highest BCUT2D eigenvalue weighted by Gasteiger charge is 2.61. The average molecular weight is 504 g/mol. The summed E-state index contributed by atoms with van der Waals surface area (Å²) in [6.45, 7) is -0.338. The van der Waals surface area contributed by atoms with Crippen LogP contribution in [0.1, 0.15) is 11.1 Å². The van der Waals surface area contributed by atoms with Crippen LogP contribution in [-0.2, 0) is 22.1 Å². The number of benzene rings is 3. The van der Waals surface area contributed by atoms with Gasteiger partial charge in [-0.15, -0.1) is 0 Å². The summed E-state index contributed by atoms with van der Waals surface area (Å²) in [5.74, 6) is -1.21. The Hall–Kier alpha value is -5.36. The van der Waals surface area contributed by atoms with E-state index >= 15 is 0 Å². The molecule has 0 fully saturated rings. The van der Waals surface area contributed by atoms with Crippen LogP contribution < -0.4 is 26.2 Å². The number of nitrogens with two attached hydrogens (primary N) is 1. The second-order valence-electron chi connectivity index (χ2n) is 9.11. The first-order valence-corrected chi connectivity index (χ1v) is 11.9. The number of nitriles is 1. The fourth-order valence-corrected chi connectivity index (χ4v) is 5.47. The van der Waals surface area contributed by atoms with Crippen molar-refractivity contribution < 1.29 is 14.3 Å². The van der Waals surface area contributed by atoms with Crippen LogP contribution in [0.15, 0.2) is 95.1 Å². The number of nitrogens with one attached hydrogen (secondary N) is 1. The Morgan fingerprint density at radius 2 is 1.71 bits per heavy atom. The van der Waals surface area contributed by atoms with E-state index in [0.717, 1.165) is 0 Å². The highest BCUT2D eigenvalue weighted by atomic mass is 16.5. The number of para-hydroxylation sites is 3. The van der Waals surface area contributed by atoms with E-state index in [1.54, 1.807) is 79.8 Å². The van der Waals surface area contributed by atoms with Crippen LogP contribution in [-0.4, -0.2) is 22.9 Å². The molecule has 2 aliphatic heterocycles. The zero-order valence-electron chi connectivity index (χ0n) is 20.3. The van der Waals surface area contributed by atoms with Gasteiger partial charge in [-0.3, -0.25) is 14.4 Å². The zero-order valence-corrected chi connectivity index (χ0v) is 20.3. The van der Waals surface area contributed by atoms with Crippen LogP contribution in [0.3, 0.4) is 0 Å². The molecule has 0 aliphatic carbocycles. The number of hydrogen-bond acceptors (Lipinski definition) is 6. The van der Waals surface area contributed by atoms with Crippen LogP contribution in [0.4, 0.5) is 11.4 Å². The summed E-state index contributed by atoms with van der Waals surface area (Å²) >= 11 is 0. The van der Waals surface area contributed by atoms with Gasteiger partial charge in [0.1, 0.15) is 23.9 Å². The molecule has 1 unspecified atom stereocenters. The fraction of sp³-hybridized carbons (Fsp3) is 0.103. The van der Waals surface area contributed by atoms with E-state index in [0.29, 0.717) is 27.8 Å². The van der Waals surface area contributed by atoms with Crippen molar-refractivity contribution in [3.63, 3.8) is 0 Å². The molecule has 3 N–H and O–H groups in total. The summed E-state index contributed by atoms with van der Waals surface area (Å²) in [5, 5.41) is 13.6. The lowest BCUT2D eigenvalue weighted by atomic mass is 9.69. The van der Waals surface area contributed by atoms with E-state index in [-0.39, 0.29) is 29.3 Å². The molecular weight excluding hydrogens is 482 g/mol. The standard InChI is InChI=1S/C29H21N5O4/c1-33-21-13-7-5-11-18(21)25-24(27(33)36)29(20(15-30)26(31)38-25)19-12-6-8-14-22(19)34(28(29)37)16-23(35)32-17-9-3-2-4-10-17/h2-14H,16,31H2,1H3,(H,32,35). The predicted octanol–water partition coefficient (Wildman–Crippen LogP) is 2.90. The molecule has 38 heavy (non-hydrogen) atoms. The number of pyridine rings is 1. The first-order chi connectivity index (χ1) is 18.4. The van der Waals surface area contributed by atoms with Gasteiger partial charge < -0.3 is 25.3 Å². The minimum absolute atomic E-state index is 0.00660. The molecule has 0 saturated carbocycles. The van der Waals surface area contributed by atoms with Crippen molar-refractivity contribution >= 4 is 34.1 Å². The zero-order chi connectivity index (χ0) is 26.6. The van der Waals surface area contributed by atoms with E-state index in [1.807, 2.05) is 12.1 Å². The fourth-order valence-electron chi connectivity index (χ4n) is 5.47. The molecule has 6 rings (SSSR count). The summed E-state index contributed by atoms with van der Waals surface area (Å²) in [6.07, 6.45) is 0. The van der Waals surface area contributed by atoms with Crippen molar-refractivity contribution in [3.8, 4) is 11.8 Å². The topological polar surface area (TPSA) is 130 Å². The molecule has 4 aromatic rings. The Kier molecular flexibility index (Phi) is 5.07. The van der Waals surface area contributed by atoms with Crippen LogP contribution in [0.5, 0.6) is 5.75 Å². The number of amides is 2. The van der Waals surface area contributed by atoms with Crippen LogP contribution >= 0.6 is 0 Å². The van der Waals surface area contributed by atoms with E-state index in [2.05, 4.69) is 5.32 Å². The van der Waals surface area contributed by atoms with Crippen LogP contribution in [0.25, 0.3) is 10.9 Å². The Morgan fingerprint density at radius 1 is 1.03 bits per heavy atom. The molecule has 9 heteroatoms. The molecule has 2 amide bonds. The van der Waals surface area contributed by atoms with Gasteiger partial charge >= 0.3 is 0 Å². The molecule has 186 valence electrons. The highest BCUT2D eigenvalue weighted by Crippen LogP contribution is 2.55. The number of aromatic nitrogens is 1. The van der Waals surface area contributed by atoms with Gasteiger partial charge in [-0.2, -0.15) is 5.26 Å². The van der Waals surface area contributed by atoms with Gasteiger partial charge in [0.15, 0.2) is 5.41 Å². The molecular formula is C29H21N5O4. The van der Waals surface area contributed by atoms with Gasteiger partial charge in [0.25, 0.3) is 5.56 Å². The van der Waals surface area contributed by atoms with Gasteiger partial charge in [0, 0.05) is 29.4 Å². The molecule has 3 aromatic carbocycles. The highest BCUT2D eigenvalue weighted by molar-refractivity contribution is 6.17. The summed E-state index contributed by atoms with van der Waals surface area (Å²) in [4.78, 5) is 42.8. The summed E-state index contributed by atoms with van der Waals surface area (Å²) < 4.78 is 7.33. The summed E-state index contributed by atoms with van der Waals surface area (Å²) in [7, 11) is 1.60. The average Bonchev–Trinajstić information content (AvgIpc) is 3.16. The second kappa shape index (κ2) is 8.35. The SMILES string of the molecule is Cn1c(=O)c2c(c3ccccc31)OC(N)=C(C#N)C21C(=O)N(CC(=O)Nc2ccccc2)c2ccccc21. The number of carbonyl (C=O) groups is 2. The van der Waals surface area contributed by atoms with E-state index in [9.17, 15) is 19.6 Å². The normalized spacial score (nSPS) is 17.7. The molecule has 2 aliphatic rings. The maximum atomic E-state index is 14.5. The Morgan fingerprint density at radius 3 is 2.47 bits per heavy atom. The third-order valence-corrected chi connectivity index (χ3v) is 7.10. The number of hydrogen-bond donors (Lipinski definition) is 2. The molecule has 3 heterocycles. The second-order valence-corrected chi connectivity index (χ2v) is 9.11. The van der Waals surface area contributed by atoms with Crippen molar-refractivity contribution in [1.82, 2.24) is 4.57 Å². The molecule has 0 saturated heterocycles. The molecule has 0 radical (unpaired) electrons. The predicted molar refractivity (Wildman–Crippen MR) is 141 cm³/mol. The van der Waals surface area contributed by atoms with Gasteiger partial charge in [-0.1, -0.05) is 48.5 Å². The number of nitrogens with zero attached hydrogens (tertiary/aromatic N) is 3. The number of rotatable bonds is 3. The molecule has 0 bridgehead atoms. The minimum Gasteiger partial charge on any atom is -0.439 e. The van der Waals surface area contributed by atoms with Crippen molar-refractivity contribution in [3.05, 3.63) is 112 Å². The van der Waals surface area contributed by atoms with E-state index < -0.39 is 22.8 Å². The number of carbonyl (C=O) groups excluding carboxylic acids is 2. The Labute approximate surface area is 217 Å². The molecule has 1 atom stereocenters. The first kappa shape index (κ1) is 23.1. The molecule has 1 aromatic heterocycles. The smallest absolute Gasteiger partial charge is 0.259 e.